The summed E-state index contributed by atoms with van der Waals surface area (Å²) < 4.78 is 0. The van der Waals surface area contributed by atoms with Gasteiger partial charge in [-0.3, -0.25) is 9.97 Å². The van der Waals surface area contributed by atoms with E-state index in [1.165, 1.54) is 11.1 Å². The quantitative estimate of drug-likeness (QED) is 0.172. The molecule has 0 amide bonds. The van der Waals surface area contributed by atoms with E-state index in [1.807, 2.05) is 6.20 Å². The van der Waals surface area contributed by atoms with Gasteiger partial charge in [-0.2, -0.15) is 0 Å². The van der Waals surface area contributed by atoms with Crippen LogP contribution in [0.25, 0.3) is 55.3 Å². The Kier molecular flexibility index (Phi) is 7.70. The summed E-state index contributed by atoms with van der Waals surface area (Å²) in [5.41, 5.74) is 9.42. The average molecular weight is 715 g/mol. The van der Waals surface area contributed by atoms with E-state index in [1.54, 1.807) is 6.33 Å². The Balaban J connectivity index is 0.00000337. The second-order valence-electron chi connectivity index (χ2n) is 12.5. The third-order valence-electron chi connectivity index (χ3n) is 7.53. The topological polar surface area (TPSA) is 38.7 Å². The summed E-state index contributed by atoms with van der Waals surface area (Å²) in [5, 5.41) is 3.20. The molecule has 2 heterocycles. The Hall–Kier alpha value is -3.68. The number of hydrogen-bond donors (Lipinski definition) is 0. The van der Waals surface area contributed by atoms with E-state index < -0.39 is 0 Å². The zero-order valence-corrected chi connectivity index (χ0v) is 26.6. The van der Waals surface area contributed by atoms with Crippen LogP contribution in [-0.2, 0) is 31.9 Å². The Morgan fingerprint density at radius 3 is 2.12 bits per heavy atom. The smallest absolute Gasteiger partial charge is 0.295 e. The maximum atomic E-state index is 4.70. The molecule has 0 saturated heterocycles. The molecule has 0 N–H and O–H groups in total. The minimum atomic E-state index is 0. The molecular formula is C37H33N3Pt. The van der Waals surface area contributed by atoms with E-state index >= 15 is 0 Å². The maximum absolute atomic E-state index is 4.70. The second kappa shape index (κ2) is 11.0. The molecule has 6 rings (SSSR count). The molecule has 6 aromatic rings. The number of hydrogen-bond acceptors (Lipinski definition) is 3. The first kappa shape index (κ1) is 28.8. The molecule has 3 nitrogen and oxygen atoms in total. The van der Waals surface area contributed by atoms with E-state index in [9.17, 15) is 0 Å². The summed E-state index contributed by atoms with van der Waals surface area (Å²) in [5.74, 6) is 0. The van der Waals surface area contributed by atoms with Gasteiger partial charge in [0.15, 0.2) is 0 Å². The molecule has 0 bridgehead atoms. The molecule has 0 aliphatic rings. The van der Waals surface area contributed by atoms with E-state index in [-0.39, 0.29) is 31.9 Å². The first-order valence-corrected chi connectivity index (χ1v) is 13.8. The van der Waals surface area contributed by atoms with Crippen LogP contribution in [0.1, 0.15) is 52.7 Å². The number of nitrogens with zero attached hydrogens (tertiary/aromatic N) is 3. The van der Waals surface area contributed by atoms with Crippen molar-refractivity contribution in [2.75, 3.05) is 0 Å². The van der Waals surface area contributed by atoms with Gasteiger partial charge in [0.05, 0.1) is 5.52 Å². The van der Waals surface area contributed by atoms with Gasteiger partial charge in [-0.05, 0) is 39.5 Å². The summed E-state index contributed by atoms with van der Waals surface area (Å²) in [6.07, 6.45) is 3.55. The van der Waals surface area contributed by atoms with Crippen LogP contribution in [-0.4, -0.2) is 15.0 Å². The Bertz CT molecular complexity index is 1880. The number of rotatable bonds is 3. The van der Waals surface area contributed by atoms with E-state index in [0.717, 1.165) is 55.3 Å². The van der Waals surface area contributed by atoms with Gasteiger partial charge in [0.2, 0.25) is 0 Å². The van der Waals surface area contributed by atoms with Crippen molar-refractivity contribution in [2.45, 2.75) is 52.4 Å². The molecule has 4 heteroatoms. The van der Waals surface area contributed by atoms with Gasteiger partial charge in [-0.25, -0.2) is 4.98 Å². The molecule has 0 aliphatic heterocycles. The van der Waals surface area contributed by atoms with Crippen LogP contribution < -0.4 is 0 Å². The van der Waals surface area contributed by atoms with Crippen LogP contribution >= 0.6 is 0 Å². The van der Waals surface area contributed by atoms with Crippen molar-refractivity contribution in [1.82, 2.24) is 15.0 Å². The zero-order valence-electron chi connectivity index (χ0n) is 24.3. The van der Waals surface area contributed by atoms with Crippen molar-refractivity contribution in [2.24, 2.45) is 0 Å². The summed E-state index contributed by atoms with van der Waals surface area (Å²) in [7, 11) is 0. The first-order valence-electron chi connectivity index (χ1n) is 13.8. The van der Waals surface area contributed by atoms with Gasteiger partial charge in [0.25, 0.3) is 0 Å². The summed E-state index contributed by atoms with van der Waals surface area (Å²) in [6.45, 7) is 13.3. The SMILES string of the molecule is CC(C)(C)c1ccnc(-c2[c-]c(-c3cccc4ccc(-c5ncnc6cc(C(C)(C)C)ccc56)[c-]c34)ccc2)c1.[Pt+2]. The molecule has 0 aliphatic carbocycles. The van der Waals surface area contributed by atoms with E-state index in [0.29, 0.717) is 0 Å². The van der Waals surface area contributed by atoms with Crippen molar-refractivity contribution in [3.8, 4) is 33.6 Å². The predicted molar refractivity (Wildman–Crippen MR) is 166 cm³/mol. The fourth-order valence-corrected chi connectivity index (χ4v) is 5.12. The molecule has 0 spiro atoms. The second-order valence-corrected chi connectivity index (χ2v) is 12.5. The zero-order chi connectivity index (χ0) is 28.1. The van der Waals surface area contributed by atoms with Crippen molar-refractivity contribution < 1.29 is 21.1 Å². The van der Waals surface area contributed by atoms with Gasteiger partial charge in [-0.15, -0.1) is 53.4 Å². The molecule has 0 saturated carbocycles. The van der Waals surface area contributed by atoms with Gasteiger partial charge in [0.1, 0.15) is 6.33 Å². The molecule has 0 fully saturated rings. The van der Waals surface area contributed by atoms with Crippen molar-refractivity contribution in [1.29, 1.82) is 0 Å². The molecule has 41 heavy (non-hydrogen) atoms. The summed E-state index contributed by atoms with van der Waals surface area (Å²) >= 11 is 0. The standard InChI is InChI=1S/C37H33N3.Pt/c1-36(2,3)28-15-16-31-34(22-28)39-23-40-35(31)27-14-13-24-9-8-12-30(32(24)20-27)25-10-7-11-26(19-25)33-21-29(17-18-38-33)37(4,5)6;/h7-18,21-23H,1-6H3;/q-2;+2. The molecule has 0 atom stereocenters. The monoisotopic (exact) mass is 714 g/mol. The number of fused-ring (bicyclic) bond motifs is 2. The van der Waals surface area contributed by atoms with Crippen LogP contribution in [0.4, 0.5) is 0 Å². The fraction of sp³-hybridized carbons (Fsp3) is 0.216. The van der Waals surface area contributed by atoms with Gasteiger partial charge < -0.3 is 0 Å². The predicted octanol–water partition coefficient (Wildman–Crippen LogP) is 9.37. The van der Waals surface area contributed by atoms with E-state index in [4.69, 9.17) is 4.98 Å². The minimum Gasteiger partial charge on any atom is -0.295 e. The van der Waals surface area contributed by atoms with Crippen LogP contribution in [0, 0.1) is 12.1 Å². The van der Waals surface area contributed by atoms with Gasteiger partial charge in [0, 0.05) is 17.6 Å². The summed E-state index contributed by atoms with van der Waals surface area (Å²) in [4.78, 5) is 14.0. The number of benzene rings is 4. The Labute approximate surface area is 257 Å². The molecule has 0 unspecified atom stereocenters. The molecular weight excluding hydrogens is 682 g/mol. The molecule has 206 valence electrons. The van der Waals surface area contributed by atoms with Gasteiger partial charge in [-0.1, -0.05) is 100 Å². The van der Waals surface area contributed by atoms with Crippen LogP contribution in [0.2, 0.25) is 0 Å². The first-order chi connectivity index (χ1) is 19.1. The van der Waals surface area contributed by atoms with Crippen LogP contribution in [0.15, 0.2) is 91.4 Å². The molecule has 0 radical (unpaired) electrons. The van der Waals surface area contributed by atoms with E-state index in [2.05, 4.69) is 143 Å². The van der Waals surface area contributed by atoms with Crippen LogP contribution in [0.3, 0.4) is 0 Å². The van der Waals surface area contributed by atoms with Crippen LogP contribution in [0.5, 0.6) is 0 Å². The van der Waals surface area contributed by atoms with Crippen molar-refractivity contribution in [3.05, 3.63) is 115 Å². The Morgan fingerprint density at radius 2 is 1.34 bits per heavy atom. The normalized spacial score (nSPS) is 12.0. The van der Waals surface area contributed by atoms with Crippen molar-refractivity contribution in [3.63, 3.8) is 0 Å². The van der Waals surface area contributed by atoms with Crippen molar-refractivity contribution >= 4 is 21.7 Å². The summed E-state index contributed by atoms with van der Waals surface area (Å²) in [6, 6.07) is 35.0. The number of pyridine rings is 1. The number of aromatic nitrogens is 3. The third kappa shape index (κ3) is 5.74. The minimum absolute atomic E-state index is 0. The average Bonchev–Trinajstić information content (AvgIpc) is 2.95. The molecule has 4 aromatic carbocycles. The largest absolute Gasteiger partial charge is 2.00 e. The fourth-order valence-electron chi connectivity index (χ4n) is 5.12. The maximum Gasteiger partial charge on any atom is 2.00 e. The Morgan fingerprint density at radius 1 is 0.610 bits per heavy atom. The van der Waals surface area contributed by atoms with Gasteiger partial charge >= 0.3 is 21.1 Å². The third-order valence-corrected chi connectivity index (χ3v) is 7.53. The molecule has 2 aromatic heterocycles.